The largest absolute Gasteiger partial charge is 0.493 e. The molecule has 35 nitrogen and oxygen atoms in total. The molecular formula is C101H134BClF6N18O17. The number of halogens is 7. The zero-order valence-electron chi connectivity index (χ0n) is 82.6. The highest BCUT2D eigenvalue weighted by Gasteiger charge is 2.53. The lowest BCUT2D eigenvalue weighted by atomic mass is 9.75. The Morgan fingerprint density at radius 2 is 0.792 bits per heavy atom. The van der Waals surface area contributed by atoms with Crippen molar-refractivity contribution in [2.45, 2.75) is 178 Å². The van der Waals surface area contributed by atoms with Crippen molar-refractivity contribution in [3.63, 3.8) is 0 Å². The number of hydrogen-bond acceptors (Lipinski definition) is 31. The Labute approximate surface area is 841 Å². The number of carbonyl (C=O) groups is 4. The fourth-order valence-corrected chi connectivity index (χ4v) is 15.4. The first-order chi connectivity index (χ1) is 66.8. The normalized spacial score (nSPS) is 15.0. The van der Waals surface area contributed by atoms with Crippen LogP contribution in [0.15, 0.2) is 103 Å². The molecule has 0 saturated carbocycles. The van der Waals surface area contributed by atoms with E-state index in [1.807, 2.05) is 107 Å². The van der Waals surface area contributed by atoms with Crippen LogP contribution in [-0.4, -0.2) is 236 Å². The lowest BCUT2D eigenvalue weighted by molar-refractivity contribution is -0.137. The van der Waals surface area contributed by atoms with Crippen molar-refractivity contribution in [3.05, 3.63) is 171 Å². The summed E-state index contributed by atoms with van der Waals surface area (Å²) in [5, 5.41) is 19.5. The molecule has 0 unspecified atom stereocenters. The number of carboxylic acids is 1. The van der Waals surface area contributed by atoms with Gasteiger partial charge in [-0.05, 0) is 208 Å². The third-order valence-electron chi connectivity index (χ3n) is 23.2. The number of amides is 3. The number of rotatable bonds is 22. The highest BCUT2D eigenvalue weighted by Crippen LogP contribution is 2.45. The maximum atomic E-state index is 15.1. The van der Waals surface area contributed by atoms with Gasteiger partial charge in [0.2, 0.25) is 11.2 Å². The van der Waals surface area contributed by atoms with Crippen LogP contribution in [0.25, 0.3) is 60.3 Å². The van der Waals surface area contributed by atoms with E-state index in [1.165, 1.54) is 87.2 Å². The monoisotopic (exact) mass is 2030 g/mol. The van der Waals surface area contributed by atoms with Gasteiger partial charge in [0.05, 0.1) is 74.5 Å². The molecule has 1 fully saturated rings. The van der Waals surface area contributed by atoms with Crippen LogP contribution in [0.3, 0.4) is 0 Å². The predicted octanol–water partition coefficient (Wildman–Crippen LogP) is 18.1. The fraction of sp³-hybridized carbons (Fsp3) is 0.446. The molecule has 0 aliphatic carbocycles. The van der Waals surface area contributed by atoms with Gasteiger partial charge in [-0.2, -0.15) is 0 Å². The zero-order valence-corrected chi connectivity index (χ0v) is 83.4. The number of aliphatic carboxylic acids is 1. The van der Waals surface area contributed by atoms with E-state index in [0.29, 0.717) is 104 Å². The van der Waals surface area contributed by atoms with E-state index < -0.39 is 40.4 Å². The summed E-state index contributed by atoms with van der Waals surface area (Å²) in [6.07, 6.45) is 9.81. The second-order valence-corrected chi connectivity index (χ2v) is 35.9. The van der Waals surface area contributed by atoms with Gasteiger partial charge in [0.15, 0.2) is 86.7 Å². The van der Waals surface area contributed by atoms with E-state index in [0.717, 1.165) is 59.2 Å². The van der Waals surface area contributed by atoms with Crippen molar-refractivity contribution in [3.8, 4) is 46.0 Å². The van der Waals surface area contributed by atoms with Crippen LogP contribution in [0.1, 0.15) is 185 Å². The third kappa shape index (κ3) is 29.2. The molecule has 0 radical (unpaired) electrons. The summed E-state index contributed by atoms with van der Waals surface area (Å²) in [4.78, 5) is 86.6. The molecule has 0 bridgehead atoms. The van der Waals surface area contributed by atoms with Gasteiger partial charge in [-0.3, -0.25) is 9.59 Å². The Hall–Kier alpha value is -13.5. The number of nitrogens with zero attached hydrogens (tertiary/aromatic N) is 11. The summed E-state index contributed by atoms with van der Waals surface area (Å²) in [5.41, 5.74) is 27.7. The lowest BCUT2D eigenvalue weighted by Gasteiger charge is -2.32. The summed E-state index contributed by atoms with van der Waals surface area (Å²) in [5.74, 6) is -1.72. The average Bonchev–Trinajstić information content (AvgIpc) is 1.11. The van der Waals surface area contributed by atoms with Gasteiger partial charge < -0.3 is 115 Å². The van der Waals surface area contributed by atoms with Crippen LogP contribution in [-0.2, 0) is 28.4 Å². The molecule has 6 aromatic carbocycles. The zero-order chi connectivity index (χ0) is 103. The van der Waals surface area contributed by atoms with Crippen molar-refractivity contribution in [2.75, 3.05) is 145 Å². The Kier molecular flexibility index (Phi) is 42.1. The number of fused-ring (bicyclic) bond motifs is 4. The van der Waals surface area contributed by atoms with Crippen molar-refractivity contribution in [2.24, 2.45) is 0 Å². The minimum atomic E-state index is -0.870. The molecule has 0 spiro atoms. The topological polar surface area (TPSA) is 452 Å². The molecular weight excluding hydrogens is 1900 g/mol. The molecule has 10 aromatic rings. The van der Waals surface area contributed by atoms with E-state index in [4.69, 9.17) is 96.3 Å². The smallest absolute Gasteiger partial charge is 0.490 e. The summed E-state index contributed by atoms with van der Waals surface area (Å²) in [6.45, 7) is 28.8. The van der Waals surface area contributed by atoms with E-state index in [2.05, 4.69) is 55.8 Å². The SMILES string of the molecule is C.C.C.CC(C)(C)OC(=O)N1CC=C(B2OC(C)(C)C(C)(C)O2)CC1.CCN[C@H](CC(=O)N1CC=C(c2nc(N)c3cc(OC)c(OC)c(F)c3n2)CC1)c1ccc(F)cc1.CCN[C@H](CC(=O)O)c1ccc(F)cc1.COc1cc2c(N)nc(C3=CCN(C(=O)OC(C)(C)C)CC3)nc2c(F)c1OC.COc1cc2c(N)nc(C3=CCNCC3)nc2c(F)c1OC.COc1cc2c(N)nc(Cl)nc2c(F)c1OC. The molecule has 9 heterocycles. The predicted molar refractivity (Wildman–Crippen MR) is 547 cm³/mol. The Morgan fingerprint density at radius 1 is 0.465 bits per heavy atom. The first kappa shape index (κ1) is 117. The Balaban J connectivity index is 0.000000239. The highest BCUT2D eigenvalue weighted by atomic mass is 35.5. The number of ether oxygens (including phenoxy) is 10. The van der Waals surface area contributed by atoms with Gasteiger partial charge in [0.25, 0.3) is 0 Å². The average molecular weight is 2030 g/mol. The summed E-state index contributed by atoms with van der Waals surface area (Å²) < 4.78 is 148. The minimum Gasteiger partial charge on any atom is -0.493 e. The second kappa shape index (κ2) is 51.6. The molecule has 782 valence electrons. The van der Waals surface area contributed by atoms with Crippen LogP contribution >= 0.6 is 11.6 Å². The van der Waals surface area contributed by atoms with E-state index in [9.17, 15) is 41.1 Å². The molecule has 43 heteroatoms. The number of benzene rings is 6. The van der Waals surface area contributed by atoms with Gasteiger partial charge in [0, 0.05) is 85.9 Å². The minimum absolute atomic E-state index is 0. The number of carboxylic acid groups (broad SMARTS) is 1. The standard InChI is InChI=1S/C26H29F2N5O3.C20H25FN4O4.C16H28BNO4.C15H17FN4O2.C11H14FNO2.C10H9ClFN3O2.3CH4/c1-4-30-19(15-5-7-17(27)8-6-15)14-21(34)33-11-9-16(10-12-33)26-31-23-18(25(29)32-26)13-20(35-2)24(36-3)22(23)28;1-20(2,3)29-19(26)25-8-6-11(7-9-25)18-23-15-12(17(22)24-18)10-13(27-4)16(28-5)14(15)21;1-14(2,3)20-13(19)18-10-8-12(9-11-18)17-21-15(4,5)16(6,7)22-17;1-21-10-7-9-12(11(16)13(10)22-2)19-15(20-14(9)17)8-3-5-18-6-4-8;1-2-13-10(7-11(14)15)8-3-5-9(12)6-4-8;1-16-5-3-4-7(6(12)8(5)17-2)14-10(11)15-9(4)13;;;/h5-9,13,19,30H,4,10-12,14H2,1-3H3,(H2,29,31,32);6,10H,7-9H2,1-5H3,(H2,22,23,24);8H,9-11H2,1-7H3;3,7,18H,4-6H2,1-2H3,(H2,17,19,20);3-6,10,13H,2,7H2,1H3,(H,14,15);3H,1-2H3,(H2,13,14,15);3*1H4/t19-;;;;10-;;;;/m1...1..../s1. The Bertz CT molecular complexity index is 6300. The molecule has 4 aromatic heterocycles. The van der Waals surface area contributed by atoms with Crippen molar-refractivity contribution in [1.29, 1.82) is 0 Å². The molecule has 144 heavy (non-hydrogen) atoms. The van der Waals surface area contributed by atoms with Crippen LogP contribution in [0.2, 0.25) is 5.28 Å². The van der Waals surface area contributed by atoms with Crippen LogP contribution < -0.4 is 76.8 Å². The number of aromatic nitrogens is 8. The molecule has 2 atom stereocenters. The maximum absolute atomic E-state index is 15.1. The number of methoxy groups -OCH3 is 8. The Morgan fingerprint density at radius 3 is 1.09 bits per heavy atom. The number of carbonyl (C=O) groups excluding carboxylic acids is 3. The van der Waals surface area contributed by atoms with Crippen LogP contribution in [0.4, 0.5) is 59.2 Å². The number of nitrogens with two attached hydrogens (primary N) is 4. The van der Waals surface area contributed by atoms with Gasteiger partial charge in [-0.25, -0.2) is 75.8 Å². The lowest BCUT2D eigenvalue weighted by Crippen LogP contribution is -2.41. The number of anilines is 4. The van der Waals surface area contributed by atoms with Gasteiger partial charge in [0.1, 0.15) is 68.2 Å². The molecule has 1 saturated heterocycles. The highest BCUT2D eigenvalue weighted by molar-refractivity contribution is 6.54. The van der Waals surface area contributed by atoms with Crippen molar-refractivity contribution < 1.29 is 107 Å². The van der Waals surface area contributed by atoms with E-state index in [1.54, 1.807) is 57.2 Å². The quantitative estimate of drug-likeness (QED) is 0.0177. The fourth-order valence-electron chi connectivity index (χ4n) is 15.3. The summed E-state index contributed by atoms with van der Waals surface area (Å²) in [6, 6.07) is 17.8. The summed E-state index contributed by atoms with van der Waals surface area (Å²) in [7, 11) is 10.8. The molecule has 5 aliphatic heterocycles. The van der Waals surface area contributed by atoms with Crippen LogP contribution in [0, 0.1) is 34.9 Å². The molecule has 3 amide bonds. The van der Waals surface area contributed by atoms with Crippen molar-refractivity contribution >= 4 is 126 Å². The molecule has 12 N–H and O–H groups in total. The molecule has 5 aliphatic rings. The maximum Gasteiger partial charge on any atom is 0.490 e. The number of nitrogens with one attached hydrogen (secondary N) is 3. The first-order valence-corrected chi connectivity index (χ1v) is 45.6. The van der Waals surface area contributed by atoms with Crippen molar-refractivity contribution in [1.82, 2.24) is 70.5 Å². The summed E-state index contributed by atoms with van der Waals surface area (Å²) >= 11 is 5.62. The number of nitrogen functional groups attached to an aromatic ring is 4. The van der Waals surface area contributed by atoms with Gasteiger partial charge in [-0.1, -0.05) is 84.7 Å². The first-order valence-electron chi connectivity index (χ1n) is 45.2. The van der Waals surface area contributed by atoms with E-state index >= 15 is 4.39 Å². The van der Waals surface area contributed by atoms with E-state index in [-0.39, 0.29) is 192 Å². The number of hydrogen-bond donors (Lipinski definition) is 8. The van der Waals surface area contributed by atoms with Gasteiger partial charge in [-0.15, -0.1) is 0 Å². The molecule has 15 rings (SSSR count). The third-order valence-corrected chi connectivity index (χ3v) is 23.4. The second-order valence-electron chi connectivity index (χ2n) is 35.5. The van der Waals surface area contributed by atoms with Gasteiger partial charge >= 0.3 is 25.3 Å². The van der Waals surface area contributed by atoms with Crippen LogP contribution in [0.5, 0.6) is 46.0 Å².